The molecule has 0 radical (unpaired) electrons. The molecule has 0 aliphatic heterocycles. The van der Waals surface area contributed by atoms with E-state index in [0.29, 0.717) is 40.4 Å². The number of nitrogens with one attached hydrogen (secondary N) is 2. The molecule has 1 aliphatic carbocycles. The Morgan fingerprint density at radius 2 is 2.03 bits per heavy atom. The summed E-state index contributed by atoms with van der Waals surface area (Å²) in [6.07, 6.45) is 1.23. The highest BCUT2D eigenvalue weighted by molar-refractivity contribution is 6.31. The van der Waals surface area contributed by atoms with Gasteiger partial charge >= 0.3 is 0 Å². The van der Waals surface area contributed by atoms with Crippen molar-refractivity contribution in [3.8, 4) is 6.07 Å². The third kappa shape index (κ3) is 4.23. The normalized spacial score (nSPS) is 15.3. The smallest absolute Gasteiger partial charge is 0.251 e. The largest absolute Gasteiger partial charge is 0.441 e. The summed E-state index contributed by atoms with van der Waals surface area (Å²) in [5.74, 6) is -0.591. The molecule has 1 saturated carbocycles. The van der Waals surface area contributed by atoms with Gasteiger partial charge in [0.15, 0.2) is 11.5 Å². The summed E-state index contributed by atoms with van der Waals surface area (Å²) in [5.41, 5.74) is 0.739. The highest BCUT2D eigenvalue weighted by atomic mass is 35.5. The Labute approximate surface area is 171 Å². The van der Waals surface area contributed by atoms with Crippen LogP contribution in [0.5, 0.6) is 0 Å². The van der Waals surface area contributed by atoms with Crippen molar-refractivity contribution in [2.45, 2.75) is 30.8 Å². The van der Waals surface area contributed by atoms with Gasteiger partial charge in [0.1, 0.15) is 17.1 Å². The van der Waals surface area contributed by atoms with Gasteiger partial charge in [0.2, 0.25) is 5.91 Å². The summed E-state index contributed by atoms with van der Waals surface area (Å²) < 4.78 is 5.70. The van der Waals surface area contributed by atoms with Crippen LogP contribution in [0.4, 0.5) is 0 Å². The second kappa shape index (κ2) is 7.57. The van der Waals surface area contributed by atoms with Gasteiger partial charge in [-0.2, -0.15) is 5.26 Å². The molecule has 1 heterocycles. The van der Waals surface area contributed by atoms with E-state index in [1.54, 1.807) is 30.3 Å². The van der Waals surface area contributed by atoms with E-state index in [4.69, 9.17) is 16.0 Å². The summed E-state index contributed by atoms with van der Waals surface area (Å²) in [5, 5.41) is 15.1. The Morgan fingerprint density at radius 3 is 2.72 bits per heavy atom. The van der Waals surface area contributed by atoms with Gasteiger partial charge in [0.25, 0.3) is 5.91 Å². The Morgan fingerprint density at radius 1 is 1.24 bits per heavy atom. The number of rotatable bonds is 6. The monoisotopic (exact) mass is 408 g/mol. The fourth-order valence-electron chi connectivity index (χ4n) is 2.98. The lowest BCUT2D eigenvalue weighted by molar-refractivity contribution is -0.123. The van der Waals surface area contributed by atoms with Crippen molar-refractivity contribution in [3.05, 3.63) is 65.0 Å². The van der Waals surface area contributed by atoms with Crippen molar-refractivity contribution in [1.29, 1.82) is 5.26 Å². The van der Waals surface area contributed by atoms with Crippen LogP contribution >= 0.6 is 11.6 Å². The molecular formula is C21H17ClN4O3. The number of para-hydroxylation sites is 2. The Kier molecular flexibility index (Phi) is 4.95. The number of fused-ring (bicyclic) bond motifs is 1. The summed E-state index contributed by atoms with van der Waals surface area (Å²) in [7, 11) is 0. The third-order valence-electron chi connectivity index (χ3n) is 4.75. The maximum absolute atomic E-state index is 12.8. The Balaban J connectivity index is 1.57. The fraction of sp³-hybridized carbons (Fsp3) is 0.238. The lowest BCUT2D eigenvalue weighted by Crippen LogP contribution is -2.51. The van der Waals surface area contributed by atoms with Crippen molar-refractivity contribution in [2.75, 3.05) is 0 Å². The van der Waals surface area contributed by atoms with Gasteiger partial charge in [-0.3, -0.25) is 9.59 Å². The molecule has 0 saturated heterocycles. The molecule has 2 aromatic carbocycles. The lowest BCUT2D eigenvalue weighted by atomic mass is 10.1. The lowest BCUT2D eigenvalue weighted by Gasteiger charge is -2.19. The zero-order chi connectivity index (χ0) is 20.4. The van der Waals surface area contributed by atoms with Gasteiger partial charge in [-0.15, -0.1) is 0 Å². The second-order valence-corrected chi connectivity index (χ2v) is 7.44. The minimum atomic E-state index is -0.958. The molecule has 1 unspecified atom stereocenters. The van der Waals surface area contributed by atoms with Crippen LogP contribution in [-0.4, -0.2) is 28.4 Å². The molecular weight excluding hydrogens is 392 g/mol. The van der Waals surface area contributed by atoms with Crippen LogP contribution in [0.1, 0.15) is 29.1 Å². The van der Waals surface area contributed by atoms with Gasteiger partial charge in [-0.25, -0.2) is 4.98 Å². The number of nitriles is 1. The predicted octanol–water partition coefficient (Wildman–Crippen LogP) is 2.99. The molecule has 0 bridgehead atoms. The van der Waals surface area contributed by atoms with Crippen LogP contribution in [0.2, 0.25) is 5.02 Å². The zero-order valence-electron chi connectivity index (χ0n) is 15.3. The average molecular weight is 409 g/mol. The average Bonchev–Trinajstić information content (AvgIpc) is 3.36. The SMILES string of the molecule is N#CC1(NC(=O)C(Cc2nc3ccccc3o2)NC(=O)c2cccc(Cl)c2)CC1. The van der Waals surface area contributed by atoms with Gasteiger partial charge in [-0.1, -0.05) is 29.8 Å². The van der Waals surface area contributed by atoms with E-state index in [9.17, 15) is 14.9 Å². The van der Waals surface area contributed by atoms with E-state index in [1.165, 1.54) is 6.07 Å². The van der Waals surface area contributed by atoms with E-state index >= 15 is 0 Å². The van der Waals surface area contributed by atoms with Crippen molar-refractivity contribution in [1.82, 2.24) is 15.6 Å². The van der Waals surface area contributed by atoms with E-state index in [0.717, 1.165) is 0 Å². The van der Waals surface area contributed by atoms with Gasteiger partial charge < -0.3 is 15.1 Å². The van der Waals surface area contributed by atoms with Crippen molar-refractivity contribution >= 4 is 34.5 Å². The second-order valence-electron chi connectivity index (χ2n) is 7.00. The standard InChI is InChI=1S/C21H17ClN4O3/c22-14-5-3-4-13(10-14)19(27)25-16(20(28)26-21(12-23)8-9-21)11-18-24-15-6-1-2-7-17(15)29-18/h1-7,10,16H,8-9,11H2,(H,25,27)(H,26,28). The summed E-state index contributed by atoms with van der Waals surface area (Å²) in [4.78, 5) is 29.9. The summed E-state index contributed by atoms with van der Waals surface area (Å²) >= 11 is 5.96. The van der Waals surface area contributed by atoms with Crippen LogP contribution in [-0.2, 0) is 11.2 Å². The molecule has 1 aliphatic rings. The molecule has 1 fully saturated rings. The van der Waals surface area contributed by atoms with E-state index in [-0.39, 0.29) is 6.42 Å². The third-order valence-corrected chi connectivity index (χ3v) is 4.99. The minimum absolute atomic E-state index is 0.0499. The number of carbonyl (C=O) groups is 2. The summed E-state index contributed by atoms with van der Waals surface area (Å²) in [6, 6.07) is 14.8. The fourth-order valence-corrected chi connectivity index (χ4v) is 3.17. The Hall–Kier alpha value is -3.37. The van der Waals surface area contributed by atoms with Crippen molar-refractivity contribution in [2.24, 2.45) is 0 Å². The molecule has 4 rings (SSSR count). The van der Waals surface area contributed by atoms with Crippen molar-refractivity contribution < 1.29 is 14.0 Å². The first-order valence-electron chi connectivity index (χ1n) is 9.12. The number of benzene rings is 2. The first-order chi connectivity index (χ1) is 14.0. The zero-order valence-corrected chi connectivity index (χ0v) is 16.1. The van der Waals surface area contributed by atoms with E-state index < -0.39 is 23.4 Å². The van der Waals surface area contributed by atoms with Crippen molar-refractivity contribution in [3.63, 3.8) is 0 Å². The highest BCUT2D eigenvalue weighted by Gasteiger charge is 2.45. The van der Waals surface area contributed by atoms with Crippen LogP contribution < -0.4 is 10.6 Å². The van der Waals surface area contributed by atoms with Crippen LogP contribution in [0.25, 0.3) is 11.1 Å². The number of amides is 2. The minimum Gasteiger partial charge on any atom is -0.441 e. The van der Waals surface area contributed by atoms with Crippen LogP contribution in [0, 0.1) is 11.3 Å². The topological polar surface area (TPSA) is 108 Å². The number of carbonyl (C=O) groups excluding carboxylic acids is 2. The van der Waals surface area contributed by atoms with Gasteiger partial charge in [0, 0.05) is 10.6 Å². The molecule has 7 nitrogen and oxygen atoms in total. The molecule has 3 aromatic rings. The number of hydrogen-bond acceptors (Lipinski definition) is 5. The molecule has 1 atom stereocenters. The molecule has 146 valence electrons. The van der Waals surface area contributed by atoms with Gasteiger partial charge in [0.05, 0.1) is 12.5 Å². The van der Waals surface area contributed by atoms with E-state index in [2.05, 4.69) is 21.7 Å². The number of oxazole rings is 1. The van der Waals surface area contributed by atoms with Crippen LogP contribution in [0.3, 0.4) is 0 Å². The number of nitrogens with zero attached hydrogens (tertiary/aromatic N) is 2. The molecule has 2 amide bonds. The predicted molar refractivity (Wildman–Crippen MR) is 106 cm³/mol. The molecule has 8 heteroatoms. The number of halogens is 1. The highest BCUT2D eigenvalue weighted by Crippen LogP contribution is 2.34. The van der Waals surface area contributed by atoms with Crippen LogP contribution in [0.15, 0.2) is 52.9 Å². The maximum atomic E-state index is 12.8. The van der Waals surface area contributed by atoms with E-state index in [1.807, 2.05) is 12.1 Å². The quantitative estimate of drug-likeness (QED) is 0.651. The Bertz CT molecular complexity index is 1100. The first-order valence-corrected chi connectivity index (χ1v) is 9.50. The van der Waals surface area contributed by atoms with Gasteiger partial charge in [-0.05, 0) is 43.2 Å². The summed E-state index contributed by atoms with van der Waals surface area (Å²) in [6.45, 7) is 0. The molecule has 2 N–H and O–H groups in total. The molecule has 29 heavy (non-hydrogen) atoms. The maximum Gasteiger partial charge on any atom is 0.251 e. The number of aromatic nitrogens is 1. The first kappa shape index (κ1) is 19.0. The molecule has 1 aromatic heterocycles. The molecule has 0 spiro atoms. The number of hydrogen-bond donors (Lipinski definition) is 2.